The third-order valence-corrected chi connectivity index (χ3v) is 1.49. The van der Waals surface area contributed by atoms with Crippen LogP contribution in [0.4, 0.5) is 0 Å². The SMILES string of the molecule is O=C(O)CO.O=C(O)[C@@H]1CCCN1. The first-order valence-corrected chi connectivity index (χ1v) is 3.86. The number of aliphatic carboxylic acids is 2. The Morgan fingerprint density at radius 1 is 1.38 bits per heavy atom. The minimum absolute atomic E-state index is 0.269. The van der Waals surface area contributed by atoms with Gasteiger partial charge in [-0.15, -0.1) is 0 Å². The maximum absolute atomic E-state index is 10.1. The fraction of sp³-hybridized carbons (Fsp3) is 0.714. The lowest BCUT2D eigenvalue weighted by Gasteiger charge is -1.99. The number of aliphatic hydroxyl groups is 1. The first kappa shape index (κ1) is 11.9. The van der Waals surface area contributed by atoms with Crippen molar-refractivity contribution in [1.82, 2.24) is 5.32 Å². The number of carboxylic acid groups (broad SMARTS) is 2. The lowest BCUT2D eigenvalue weighted by molar-refractivity contribution is -0.140. The van der Waals surface area contributed by atoms with Crippen LogP contribution in [0.3, 0.4) is 0 Å². The second-order valence-electron chi connectivity index (χ2n) is 2.54. The lowest BCUT2D eigenvalue weighted by atomic mass is 10.2. The lowest BCUT2D eigenvalue weighted by Crippen LogP contribution is -2.29. The highest BCUT2D eigenvalue weighted by Gasteiger charge is 2.20. The molecule has 0 saturated carbocycles. The summed E-state index contributed by atoms with van der Waals surface area (Å²) in [6.45, 7) is 0.0803. The van der Waals surface area contributed by atoms with Crippen LogP contribution >= 0.6 is 0 Å². The van der Waals surface area contributed by atoms with Crippen molar-refractivity contribution in [2.75, 3.05) is 13.2 Å². The van der Waals surface area contributed by atoms with Crippen molar-refractivity contribution in [2.45, 2.75) is 18.9 Å². The molecule has 0 amide bonds. The molecule has 0 unspecified atom stereocenters. The van der Waals surface area contributed by atoms with Gasteiger partial charge in [0.25, 0.3) is 0 Å². The average molecular weight is 191 g/mol. The predicted octanol–water partition coefficient (Wildman–Crippen LogP) is -1.11. The van der Waals surface area contributed by atoms with Gasteiger partial charge in [0.1, 0.15) is 12.6 Å². The predicted molar refractivity (Wildman–Crippen MR) is 43.4 cm³/mol. The van der Waals surface area contributed by atoms with Crippen molar-refractivity contribution in [3.8, 4) is 0 Å². The van der Waals surface area contributed by atoms with E-state index in [1.807, 2.05) is 0 Å². The number of aliphatic hydroxyl groups excluding tert-OH is 1. The van der Waals surface area contributed by atoms with Gasteiger partial charge < -0.3 is 20.6 Å². The summed E-state index contributed by atoms with van der Waals surface area (Å²) in [6, 6.07) is -0.269. The zero-order valence-corrected chi connectivity index (χ0v) is 7.06. The molecular formula is C7H13NO5. The summed E-state index contributed by atoms with van der Waals surface area (Å²) in [5.74, 6) is -1.91. The molecule has 1 rings (SSSR count). The Kier molecular flexibility index (Phi) is 5.82. The van der Waals surface area contributed by atoms with Gasteiger partial charge >= 0.3 is 11.9 Å². The van der Waals surface area contributed by atoms with Gasteiger partial charge in [-0.05, 0) is 19.4 Å². The highest BCUT2D eigenvalue weighted by molar-refractivity contribution is 5.73. The van der Waals surface area contributed by atoms with E-state index in [2.05, 4.69) is 5.32 Å². The van der Waals surface area contributed by atoms with E-state index >= 15 is 0 Å². The van der Waals surface area contributed by atoms with Gasteiger partial charge in [-0.1, -0.05) is 0 Å². The van der Waals surface area contributed by atoms with E-state index in [9.17, 15) is 4.79 Å². The van der Waals surface area contributed by atoms with Crippen molar-refractivity contribution in [3.05, 3.63) is 0 Å². The highest BCUT2D eigenvalue weighted by atomic mass is 16.4. The van der Waals surface area contributed by atoms with E-state index in [0.29, 0.717) is 0 Å². The summed E-state index contributed by atoms with van der Waals surface area (Å²) >= 11 is 0. The number of carbonyl (C=O) groups is 2. The third-order valence-electron chi connectivity index (χ3n) is 1.49. The van der Waals surface area contributed by atoms with E-state index < -0.39 is 18.5 Å². The minimum atomic E-state index is -1.19. The topological polar surface area (TPSA) is 107 Å². The fourth-order valence-corrected chi connectivity index (χ4v) is 0.895. The smallest absolute Gasteiger partial charge is 0.329 e. The molecule has 1 saturated heterocycles. The second-order valence-corrected chi connectivity index (χ2v) is 2.54. The monoisotopic (exact) mass is 191 g/mol. The van der Waals surface area contributed by atoms with Gasteiger partial charge in [-0.3, -0.25) is 4.79 Å². The van der Waals surface area contributed by atoms with Crippen LogP contribution in [0.2, 0.25) is 0 Å². The zero-order chi connectivity index (χ0) is 10.3. The Bertz CT molecular complexity index is 176. The first-order chi connectivity index (χ1) is 6.07. The van der Waals surface area contributed by atoms with Gasteiger partial charge in [0.15, 0.2) is 0 Å². The van der Waals surface area contributed by atoms with Gasteiger partial charge in [-0.25, -0.2) is 4.79 Å². The molecule has 6 heteroatoms. The summed E-state index contributed by atoms with van der Waals surface area (Å²) in [4.78, 5) is 19.3. The van der Waals surface area contributed by atoms with Crippen LogP contribution in [0.1, 0.15) is 12.8 Å². The Balaban J connectivity index is 0.000000252. The molecule has 0 spiro atoms. The molecular weight excluding hydrogens is 178 g/mol. The quantitative estimate of drug-likeness (QED) is 0.440. The highest BCUT2D eigenvalue weighted by Crippen LogP contribution is 2.03. The molecule has 4 N–H and O–H groups in total. The van der Waals surface area contributed by atoms with Crippen molar-refractivity contribution < 1.29 is 24.9 Å². The molecule has 0 aromatic rings. The largest absolute Gasteiger partial charge is 0.480 e. The standard InChI is InChI=1S/C5H9NO2.C2H4O3/c7-5(8)4-2-1-3-6-4;3-1-2(4)5/h4,6H,1-3H2,(H,7,8);3H,1H2,(H,4,5)/t4-;/m0./s1. The minimum Gasteiger partial charge on any atom is -0.480 e. The molecule has 0 aromatic heterocycles. The molecule has 0 bridgehead atoms. The summed E-state index contributed by atoms with van der Waals surface area (Å²) in [6.07, 6.45) is 1.78. The summed E-state index contributed by atoms with van der Waals surface area (Å²) in [5.41, 5.74) is 0. The molecule has 76 valence electrons. The Hall–Kier alpha value is -1.14. The Morgan fingerprint density at radius 3 is 2.08 bits per heavy atom. The van der Waals surface area contributed by atoms with Crippen molar-refractivity contribution >= 4 is 11.9 Å². The maximum Gasteiger partial charge on any atom is 0.329 e. The summed E-state index contributed by atoms with van der Waals surface area (Å²) < 4.78 is 0. The number of rotatable bonds is 2. The summed E-state index contributed by atoms with van der Waals surface area (Å²) in [7, 11) is 0. The zero-order valence-electron chi connectivity index (χ0n) is 7.06. The molecule has 1 heterocycles. The molecule has 0 aromatic carbocycles. The van der Waals surface area contributed by atoms with Crippen LogP contribution < -0.4 is 5.32 Å². The van der Waals surface area contributed by atoms with E-state index in [-0.39, 0.29) is 6.04 Å². The normalized spacial score (nSPS) is 20.2. The molecule has 13 heavy (non-hydrogen) atoms. The van der Waals surface area contributed by atoms with Crippen LogP contribution in [-0.4, -0.2) is 46.5 Å². The molecule has 1 fully saturated rings. The second kappa shape index (κ2) is 6.38. The van der Waals surface area contributed by atoms with Crippen molar-refractivity contribution in [2.24, 2.45) is 0 Å². The van der Waals surface area contributed by atoms with Gasteiger partial charge in [-0.2, -0.15) is 0 Å². The molecule has 0 aliphatic carbocycles. The van der Waals surface area contributed by atoms with Crippen LogP contribution in [0.15, 0.2) is 0 Å². The van der Waals surface area contributed by atoms with Crippen LogP contribution in [0.5, 0.6) is 0 Å². The van der Waals surface area contributed by atoms with E-state index in [1.54, 1.807) is 0 Å². The molecule has 1 aliphatic rings. The van der Waals surface area contributed by atoms with Crippen LogP contribution in [0.25, 0.3) is 0 Å². The van der Waals surface area contributed by atoms with Crippen molar-refractivity contribution in [1.29, 1.82) is 0 Å². The van der Waals surface area contributed by atoms with Crippen LogP contribution in [-0.2, 0) is 9.59 Å². The van der Waals surface area contributed by atoms with Gasteiger partial charge in [0.2, 0.25) is 0 Å². The van der Waals surface area contributed by atoms with Gasteiger partial charge in [0, 0.05) is 0 Å². The Labute approximate surface area is 75.2 Å². The number of hydrogen-bond acceptors (Lipinski definition) is 4. The number of hydrogen-bond donors (Lipinski definition) is 4. The fourth-order valence-electron chi connectivity index (χ4n) is 0.895. The van der Waals surface area contributed by atoms with Crippen LogP contribution in [0, 0.1) is 0 Å². The summed E-state index contributed by atoms with van der Waals surface area (Å²) in [5, 5.41) is 26.2. The third kappa shape index (κ3) is 6.06. The van der Waals surface area contributed by atoms with E-state index in [4.69, 9.17) is 20.1 Å². The van der Waals surface area contributed by atoms with E-state index in [0.717, 1.165) is 19.4 Å². The van der Waals surface area contributed by atoms with Crippen molar-refractivity contribution in [3.63, 3.8) is 0 Å². The van der Waals surface area contributed by atoms with E-state index in [1.165, 1.54) is 0 Å². The first-order valence-electron chi connectivity index (χ1n) is 3.86. The molecule has 1 aliphatic heterocycles. The Morgan fingerprint density at radius 2 is 1.92 bits per heavy atom. The van der Waals surface area contributed by atoms with Gasteiger partial charge in [0.05, 0.1) is 0 Å². The maximum atomic E-state index is 10.1. The molecule has 1 atom stereocenters. The average Bonchev–Trinajstić information content (AvgIpc) is 2.57. The number of carboxylic acids is 2. The molecule has 6 nitrogen and oxygen atoms in total. The number of nitrogens with one attached hydrogen (secondary N) is 1. The molecule has 0 radical (unpaired) electrons.